The van der Waals surface area contributed by atoms with Crippen LogP contribution in [0.1, 0.15) is 29.4 Å². The van der Waals surface area contributed by atoms with E-state index in [0.717, 1.165) is 5.69 Å². The summed E-state index contributed by atoms with van der Waals surface area (Å²) < 4.78 is 6.63. The molecule has 8 heteroatoms. The molecule has 0 atom stereocenters. The van der Waals surface area contributed by atoms with E-state index in [1.165, 1.54) is 6.20 Å². The Hall–Kier alpha value is -2.38. The molecule has 0 unspecified atom stereocenters. The van der Waals surface area contributed by atoms with Gasteiger partial charge in [0.2, 0.25) is 5.91 Å². The Morgan fingerprint density at radius 1 is 1.38 bits per heavy atom. The molecule has 3 N–H and O–H groups in total. The molecule has 0 aliphatic rings. The number of carbonyl (C=O) groups is 2. The van der Waals surface area contributed by atoms with Crippen molar-refractivity contribution >= 4 is 30.0 Å². The number of hydrogen-bond donors (Lipinski definition) is 2. The number of anilines is 1. The van der Waals surface area contributed by atoms with Crippen LogP contribution in [-0.2, 0) is 9.53 Å². The van der Waals surface area contributed by atoms with Gasteiger partial charge in [-0.1, -0.05) is 6.07 Å². The summed E-state index contributed by atoms with van der Waals surface area (Å²) in [6, 6.07) is 7.21. The highest BCUT2D eigenvalue weighted by atomic mass is 35.5. The zero-order chi connectivity index (χ0) is 16.8. The highest BCUT2D eigenvalue weighted by Crippen LogP contribution is 2.18. The zero-order valence-corrected chi connectivity index (χ0v) is 14.4. The Morgan fingerprint density at radius 2 is 2.12 bits per heavy atom. The summed E-state index contributed by atoms with van der Waals surface area (Å²) in [5.74, 6) is -0.544. The maximum Gasteiger partial charge on any atom is 0.341 e. The lowest BCUT2D eigenvalue weighted by atomic mass is 10.2. The van der Waals surface area contributed by atoms with Gasteiger partial charge in [-0.05, 0) is 32.0 Å². The minimum Gasteiger partial charge on any atom is -0.462 e. The van der Waals surface area contributed by atoms with E-state index in [0.29, 0.717) is 30.1 Å². The number of ether oxygens (including phenoxy) is 1. The normalized spacial score (nSPS) is 9.96. The number of rotatable bonds is 6. The van der Waals surface area contributed by atoms with Crippen LogP contribution in [0.2, 0.25) is 0 Å². The van der Waals surface area contributed by atoms with Crippen molar-refractivity contribution in [3.63, 3.8) is 0 Å². The van der Waals surface area contributed by atoms with E-state index in [-0.39, 0.29) is 24.7 Å². The number of nitrogens with zero attached hydrogens (tertiary/aromatic N) is 2. The van der Waals surface area contributed by atoms with Crippen molar-refractivity contribution in [1.82, 2.24) is 9.78 Å². The van der Waals surface area contributed by atoms with Crippen molar-refractivity contribution in [2.24, 2.45) is 5.73 Å². The largest absolute Gasteiger partial charge is 0.462 e. The molecule has 0 spiro atoms. The first-order valence-corrected chi connectivity index (χ1v) is 7.39. The fourth-order valence-electron chi connectivity index (χ4n) is 2.15. The van der Waals surface area contributed by atoms with E-state index in [1.807, 2.05) is 6.07 Å². The van der Waals surface area contributed by atoms with E-state index < -0.39 is 5.97 Å². The third kappa shape index (κ3) is 4.56. The smallest absolute Gasteiger partial charge is 0.341 e. The molecule has 1 amide bonds. The Kier molecular flexibility index (Phi) is 7.41. The van der Waals surface area contributed by atoms with Crippen molar-refractivity contribution < 1.29 is 14.3 Å². The number of nitrogens with two attached hydrogens (primary N) is 1. The van der Waals surface area contributed by atoms with Crippen LogP contribution in [0.25, 0.3) is 5.69 Å². The predicted octanol–water partition coefficient (Wildman–Crippen LogP) is 2.07. The molecule has 7 nitrogen and oxygen atoms in total. The summed E-state index contributed by atoms with van der Waals surface area (Å²) in [4.78, 5) is 23.5. The second-order valence-electron chi connectivity index (χ2n) is 4.91. The molecule has 2 rings (SSSR count). The van der Waals surface area contributed by atoms with E-state index in [9.17, 15) is 9.59 Å². The van der Waals surface area contributed by atoms with Gasteiger partial charge in [0.25, 0.3) is 0 Å². The highest BCUT2D eigenvalue weighted by Gasteiger charge is 2.16. The number of amides is 1. The van der Waals surface area contributed by atoms with Crippen LogP contribution in [0.3, 0.4) is 0 Å². The summed E-state index contributed by atoms with van der Waals surface area (Å²) >= 11 is 0. The summed E-state index contributed by atoms with van der Waals surface area (Å²) in [5, 5.41) is 7.00. The number of hydrogen-bond acceptors (Lipinski definition) is 5. The minimum atomic E-state index is -0.399. The maximum atomic E-state index is 11.9. The predicted molar refractivity (Wildman–Crippen MR) is 93.8 cm³/mol. The molecule has 0 radical (unpaired) electrons. The van der Waals surface area contributed by atoms with Crippen molar-refractivity contribution in [2.75, 3.05) is 18.5 Å². The summed E-state index contributed by atoms with van der Waals surface area (Å²) in [6.45, 7) is 4.16. The van der Waals surface area contributed by atoms with Gasteiger partial charge >= 0.3 is 5.97 Å². The third-order valence-electron chi connectivity index (χ3n) is 3.25. The molecule has 0 saturated carbocycles. The molecular weight excluding hydrogens is 332 g/mol. The van der Waals surface area contributed by atoms with Crippen LogP contribution in [-0.4, -0.2) is 34.8 Å². The number of halogens is 1. The third-order valence-corrected chi connectivity index (χ3v) is 3.25. The number of aromatic nitrogens is 2. The molecule has 0 aliphatic carbocycles. The van der Waals surface area contributed by atoms with Gasteiger partial charge in [0, 0.05) is 18.7 Å². The molecule has 0 saturated heterocycles. The quantitative estimate of drug-likeness (QED) is 0.775. The molecule has 1 aromatic carbocycles. The van der Waals surface area contributed by atoms with E-state index in [4.69, 9.17) is 10.5 Å². The van der Waals surface area contributed by atoms with E-state index in [2.05, 4.69) is 10.4 Å². The number of nitrogens with one attached hydrogen (secondary N) is 1. The second-order valence-corrected chi connectivity index (χ2v) is 4.91. The Labute approximate surface area is 146 Å². The van der Waals surface area contributed by atoms with Gasteiger partial charge in [0.05, 0.1) is 24.2 Å². The Morgan fingerprint density at radius 3 is 2.79 bits per heavy atom. The minimum absolute atomic E-state index is 0. The monoisotopic (exact) mass is 352 g/mol. The molecule has 1 heterocycles. The van der Waals surface area contributed by atoms with Crippen molar-refractivity contribution in [3.8, 4) is 5.69 Å². The van der Waals surface area contributed by atoms with Crippen LogP contribution in [0, 0.1) is 6.92 Å². The van der Waals surface area contributed by atoms with Gasteiger partial charge in [0.1, 0.15) is 5.56 Å². The topological polar surface area (TPSA) is 99.2 Å². The van der Waals surface area contributed by atoms with Gasteiger partial charge in [0.15, 0.2) is 0 Å². The summed E-state index contributed by atoms with van der Waals surface area (Å²) in [7, 11) is 0. The standard InChI is InChI=1S/C16H20N4O3.ClH/c1-3-23-16(22)14-10-18-20(11(14)2)13-6-4-5-12(9-13)19-15(21)7-8-17;/h4-6,9-10H,3,7-8,17H2,1-2H3,(H,19,21);1H. The number of benzene rings is 1. The molecule has 0 aliphatic heterocycles. The first-order valence-electron chi connectivity index (χ1n) is 7.39. The maximum absolute atomic E-state index is 11.9. The SMILES string of the molecule is CCOC(=O)c1cnn(-c2cccc(NC(=O)CCN)c2)c1C.Cl. The highest BCUT2D eigenvalue weighted by molar-refractivity contribution is 5.91. The van der Waals surface area contributed by atoms with Gasteiger partial charge < -0.3 is 15.8 Å². The molecule has 0 fully saturated rings. The molecule has 24 heavy (non-hydrogen) atoms. The molecule has 1 aromatic heterocycles. The first-order chi connectivity index (χ1) is 11.1. The van der Waals surface area contributed by atoms with Gasteiger partial charge in [-0.15, -0.1) is 12.4 Å². The number of carbonyl (C=O) groups excluding carboxylic acids is 2. The fraction of sp³-hybridized carbons (Fsp3) is 0.312. The lowest BCUT2D eigenvalue weighted by Crippen LogP contribution is -2.16. The van der Waals surface area contributed by atoms with Crippen LogP contribution in [0.15, 0.2) is 30.5 Å². The van der Waals surface area contributed by atoms with E-state index >= 15 is 0 Å². The summed E-state index contributed by atoms with van der Waals surface area (Å²) in [6.07, 6.45) is 1.74. The Bertz CT molecular complexity index is 715. The van der Waals surface area contributed by atoms with Crippen molar-refractivity contribution in [3.05, 3.63) is 41.7 Å². The lowest BCUT2D eigenvalue weighted by molar-refractivity contribution is -0.116. The fourth-order valence-corrected chi connectivity index (χ4v) is 2.15. The average Bonchev–Trinajstić information content (AvgIpc) is 2.90. The van der Waals surface area contributed by atoms with Crippen LogP contribution >= 0.6 is 12.4 Å². The van der Waals surface area contributed by atoms with Gasteiger partial charge in [-0.25, -0.2) is 9.48 Å². The lowest BCUT2D eigenvalue weighted by Gasteiger charge is -2.09. The first kappa shape index (κ1) is 19.7. The zero-order valence-electron chi connectivity index (χ0n) is 13.6. The van der Waals surface area contributed by atoms with Gasteiger partial charge in [-0.2, -0.15) is 5.10 Å². The van der Waals surface area contributed by atoms with Crippen molar-refractivity contribution in [1.29, 1.82) is 0 Å². The van der Waals surface area contributed by atoms with Gasteiger partial charge in [-0.3, -0.25) is 4.79 Å². The molecule has 130 valence electrons. The summed E-state index contributed by atoms with van der Waals surface area (Å²) in [5.41, 5.74) is 7.84. The molecular formula is C16H21ClN4O3. The average molecular weight is 353 g/mol. The van der Waals surface area contributed by atoms with E-state index in [1.54, 1.807) is 36.7 Å². The molecule has 0 bridgehead atoms. The molecule has 2 aromatic rings. The van der Waals surface area contributed by atoms with Crippen LogP contribution in [0.5, 0.6) is 0 Å². The van der Waals surface area contributed by atoms with Crippen LogP contribution < -0.4 is 11.1 Å². The van der Waals surface area contributed by atoms with Crippen LogP contribution in [0.4, 0.5) is 5.69 Å². The van der Waals surface area contributed by atoms with Crippen molar-refractivity contribution in [2.45, 2.75) is 20.3 Å². The Balaban J connectivity index is 0.00000288. The number of esters is 1. The second kappa shape index (κ2) is 9.05.